The van der Waals surface area contributed by atoms with Gasteiger partial charge >= 0.3 is 0 Å². The van der Waals surface area contributed by atoms with Crippen molar-refractivity contribution in [2.45, 2.75) is 64.0 Å². The lowest BCUT2D eigenvalue weighted by Gasteiger charge is -2.15. The molecule has 1 saturated heterocycles. The summed E-state index contributed by atoms with van der Waals surface area (Å²) in [5.74, 6) is 1.19. The Morgan fingerprint density at radius 2 is 2.00 bits per heavy atom. The summed E-state index contributed by atoms with van der Waals surface area (Å²) in [7, 11) is -3.03. The van der Waals surface area contributed by atoms with Crippen LogP contribution >= 0.6 is 0 Å². The third kappa shape index (κ3) is 3.21. The number of carbonyl (C=O) groups is 1. The van der Waals surface area contributed by atoms with E-state index in [4.69, 9.17) is 4.98 Å². The van der Waals surface area contributed by atoms with Crippen molar-refractivity contribution in [2.24, 2.45) is 5.92 Å². The van der Waals surface area contributed by atoms with Gasteiger partial charge in [-0.15, -0.1) is 0 Å². The average molecular weight is 403 g/mol. The van der Waals surface area contributed by atoms with Gasteiger partial charge in [-0.25, -0.2) is 18.1 Å². The summed E-state index contributed by atoms with van der Waals surface area (Å²) < 4.78 is 25.7. The molecular formula is C20H26N4O3S. The topological polar surface area (TPSA) is 93.9 Å². The van der Waals surface area contributed by atoms with Crippen molar-refractivity contribution in [1.82, 2.24) is 20.1 Å². The number of hydrogen-bond donors (Lipinski definition) is 1. The maximum Gasteiger partial charge on any atom is 0.252 e. The van der Waals surface area contributed by atoms with Gasteiger partial charge < -0.3 is 5.32 Å². The molecule has 28 heavy (non-hydrogen) atoms. The first-order valence-corrected chi connectivity index (χ1v) is 12.1. The molecule has 3 heterocycles. The van der Waals surface area contributed by atoms with Gasteiger partial charge in [-0.05, 0) is 57.9 Å². The Kier molecular flexibility index (Phi) is 4.05. The molecule has 1 aliphatic heterocycles. The number of nitrogens with zero attached hydrogens (tertiary/aromatic N) is 3. The van der Waals surface area contributed by atoms with Gasteiger partial charge in [0.2, 0.25) is 0 Å². The zero-order valence-electron chi connectivity index (χ0n) is 16.3. The highest BCUT2D eigenvalue weighted by atomic mass is 32.2. The summed E-state index contributed by atoms with van der Waals surface area (Å²) in [6, 6.07) is 1.89. The van der Waals surface area contributed by atoms with Gasteiger partial charge in [0.1, 0.15) is 0 Å². The fourth-order valence-electron chi connectivity index (χ4n) is 4.32. The molecule has 3 fully saturated rings. The molecule has 2 aromatic heterocycles. The normalized spacial score (nSPS) is 25.1. The number of hydrogen-bond acceptors (Lipinski definition) is 5. The summed E-state index contributed by atoms with van der Waals surface area (Å²) >= 11 is 0. The highest BCUT2D eigenvalue weighted by Crippen LogP contribution is 2.41. The Bertz CT molecular complexity index is 1070. The van der Waals surface area contributed by atoms with Crippen LogP contribution in [0.2, 0.25) is 0 Å². The minimum absolute atomic E-state index is 0.0737. The summed E-state index contributed by atoms with van der Waals surface area (Å²) in [5.41, 5.74) is 2.95. The van der Waals surface area contributed by atoms with Crippen LogP contribution in [0, 0.1) is 12.8 Å². The fraction of sp³-hybridized carbons (Fsp3) is 0.650. The van der Waals surface area contributed by atoms with E-state index < -0.39 is 9.84 Å². The molecule has 0 radical (unpaired) electrons. The van der Waals surface area contributed by atoms with E-state index in [1.165, 1.54) is 12.8 Å². The van der Waals surface area contributed by atoms with Gasteiger partial charge in [0.15, 0.2) is 15.5 Å². The number of aromatic nitrogens is 3. The van der Waals surface area contributed by atoms with Crippen LogP contribution in [0.15, 0.2) is 6.07 Å². The van der Waals surface area contributed by atoms with E-state index in [1.807, 2.05) is 13.0 Å². The van der Waals surface area contributed by atoms with Crippen molar-refractivity contribution in [3.63, 3.8) is 0 Å². The number of fused-ring (bicyclic) bond motifs is 1. The van der Waals surface area contributed by atoms with E-state index in [9.17, 15) is 13.2 Å². The molecule has 7 nitrogen and oxygen atoms in total. The molecule has 2 aliphatic carbocycles. The smallest absolute Gasteiger partial charge is 0.252 e. The average Bonchev–Trinajstić information content (AvgIpc) is 3.55. The van der Waals surface area contributed by atoms with E-state index in [2.05, 4.69) is 17.3 Å². The SMILES string of the molecule is Cc1nn([C@@H]2CCS(=O)(=O)C2)c2nc(C3CC3)cc(C(=O)N[C@H](C)C3CC3)c12. The lowest BCUT2D eigenvalue weighted by Crippen LogP contribution is -2.34. The standard InChI is InChI=1S/C20H26N4O3S/c1-11(13-3-4-13)21-20(25)16-9-17(14-5-6-14)22-19-18(16)12(2)23-24(19)15-7-8-28(26,27)10-15/h9,11,13-15H,3-8,10H2,1-2H3,(H,21,25)/t11-,15-/m1/s1. The molecule has 1 N–H and O–H groups in total. The van der Waals surface area contributed by atoms with Crippen molar-refractivity contribution in [1.29, 1.82) is 0 Å². The van der Waals surface area contributed by atoms with Crippen molar-refractivity contribution >= 4 is 26.8 Å². The molecule has 0 unspecified atom stereocenters. The van der Waals surface area contributed by atoms with Gasteiger partial charge in [0.25, 0.3) is 5.91 Å². The molecule has 0 aromatic carbocycles. The van der Waals surface area contributed by atoms with Gasteiger partial charge in [-0.3, -0.25) is 4.79 Å². The molecule has 2 atom stereocenters. The first-order valence-electron chi connectivity index (χ1n) is 10.2. The zero-order valence-corrected chi connectivity index (χ0v) is 17.1. The first kappa shape index (κ1) is 18.1. The van der Waals surface area contributed by atoms with Gasteiger partial charge in [-0.2, -0.15) is 5.10 Å². The van der Waals surface area contributed by atoms with Gasteiger partial charge in [-0.1, -0.05) is 0 Å². The monoisotopic (exact) mass is 402 g/mol. The number of amides is 1. The molecule has 8 heteroatoms. The second kappa shape index (κ2) is 6.27. The predicted molar refractivity (Wildman–Crippen MR) is 106 cm³/mol. The van der Waals surface area contributed by atoms with Crippen LogP contribution < -0.4 is 5.32 Å². The first-order chi connectivity index (χ1) is 13.3. The highest BCUT2D eigenvalue weighted by Gasteiger charge is 2.35. The Morgan fingerprint density at radius 3 is 2.61 bits per heavy atom. The Morgan fingerprint density at radius 1 is 1.25 bits per heavy atom. The molecule has 0 bridgehead atoms. The van der Waals surface area contributed by atoms with E-state index in [-0.39, 0.29) is 29.5 Å². The van der Waals surface area contributed by atoms with Crippen LogP contribution in [-0.4, -0.2) is 46.6 Å². The third-order valence-electron chi connectivity index (χ3n) is 6.34. The quantitative estimate of drug-likeness (QED) is 0.829. The van der Waals surface area contributed by atoms with E-state index in [1.54, 1.807) is 4.68 Å². The van der Waals surface area contributed by atoms with Crippen LogP contribution in [0.25, 0.3) is 11.0 Å². The molecule has 1 amide bonds. The lowest BCUT2D eigenvalue weighted by molar-refractivity contribution is 0.0937. The van der Waals surface area contributed by atoms with Crippen LogP contribution in [0.3, 0.4) is 0 Å². The minimum atomic E-state index is -3.03. The van der Waals surface area contributed by atoms with Crippen molar-refractivity contribution in [3.05, 3.63) is 23.0 Å². The molecule has 0 spiro atoms. The second-order valence-corrected chi connectivity index (χ2v) is 11.0. The van der Waals surface area contributed by atoms with Crippen molar-refractivity contribution in [3.8, 4) is 0 Å². The van der Waals surface area contributed by atoms with Crippen molar-refractivity contribution in [2.75, 3.05) is 11.5 Å². The zero-order chi connectivity index (χ0) is 19.6. The Balaban J connectivity index is 1.60. The summed E-state index contributed by atoms with van der Waals surface area (Å²) in [6.45, 7) is 3.94. The minimum Gasteiger partial charge on any atom is -0.349 e. The third-order valence-corrected chi connectivity index (χ3v) is 8.09. The Hall–Kier alpha value is -1.96. The van der Waals surface area contributed by atoms with E-state index in [0.29, 0.717) is 29.5 Å². The maximum absolute atomic E-state index is 13.1. The lowest BCUT2D eigenvalue weighted by atomic mass is 10.1. The van der Waals surface area contributed by atoms with Gasteiger partial charge in [0.05, 0.1) is 34.2 Å². The highest BCUT2D eigenvalue weighted by molar-refractivity contribution is 7.91. The number of nitrogens with one attached hydrogen (secondary N) is 1. The van der Waals surface area contributed by atoms with Crippen LogP contribution in [0.5, 0.6) is 0 Å². The molecule has 5 rings (SSSR count). The maximum atomic E-state index is 13.1. The van der Waals surface area contributed by atoms with Crippen LogP contribution in [-0.2, 0) is 9.84 Å². The second-order valence-electron chi connectivity index (χ2n) is 8.75. The molecule has 150 valence electrons. The predicted octanol–water partition coefficient (Wildman–Crippen LogP) is 2.51. The number of aryl methyl sites for hydroxylation is 1. The number of carbonyl (C=O) groups excluding carboxylic acids is 1. The van der Waals surface area contributed by atoms with Crippen molar-refractivity contribution < 1.29 is 13.2 Å². The molecule has 2 saturated carbocycles. The summed E-state index contributed by atoms with van der Waals surface area (Å²) in [6.07, 6.45) is 5.07. The summed E-state index contributed by atoms with van der Waals surface area (Å²) in [4.78, 5) is 18.0. The number of rotatable bonds is 5. The number of sulfone groups is 1. The molecule has 2 aromatic rings. The van der Waals surface area contributed by atoms with Crippen LogP contribution in [0.4, 0.5) is 0 Å². The number of pyridine rings is 1. The van der Waals surface area contributed by atoms with Gasteiger partial charge in [0, 0.05) is 17.7 Å². The molecular weight excluding hydrogens is 376 g/mol. The van der Waals surface area contributed by atoms with Crippen LogP contribution in [0.1, 0.15) is 72.7 Å². The molecule has 3 aliphatic rings. The largest absolute Gasteiger partial charge is 0.349 e. The fourth-order valence-corrected chi connectivity index (χ4v) is 6.01. The Labute approximate surface area is 164 Å². The van der Waals surface area contributed by atoms with E-state index >= 15 is 0 Å². The summed E-state index contributed by atoms with van der Waals surface area (Å²) in [5, 5.41) is 8.55. The van der Waals surface area contributed by atoms with E-state index in [0.717, 1.165) is 29.6 Å².